The third kappa shape index (κ3) is 2.68. The molecule has 0 radical (unpaired) electrons. The number of carbonyl (C=O) groups excluding carboxylic acids is 2. The molecule has 5 nitrogen and oxygen atoms in total. The molecule has 1 aliphatic heterocycles. The summed E-state index contributed by atoms with van der Waals surface area (Å²) in [5.41, 5.74) is 5.41. The molecule has 0 aliphatic carbocycles. The predicted molar refractivity (Wildman–Crippen MR) is 57.0 cm³/mol. The highest BCUT2D eigenvalue weighted by Gasteiger charge is 2.31. The number of carbonyl (C=O) groups is 2. The number of nitrogens with one attached hydrogen (secondary N) is 1. The van der Waals surface area contributed by atoms with Crippen molar-refractivity contribution in [1.29, 1.82) is 0 Å². The first kappa shape index (κ1) is 12.0. The van der Waals surface area contributed by atoms with E-state index in [2.05, 4.69) is 5.32 Å². The number of amides is 2. The van der Waals surface area contributed by atoms with E-state index < -0.39 is 0 Å². The molecule has 0 spiro atoms. The molecule has 0 bridgehead atoms. The van der Waals surface area contributed by atoms with Crippen LogP contribution in [-0.4, -0.2) is 42.4 Å². The minimum atomic E-state index is -0.355. The van der Waals surface area contributed by atoms with Gasteiger partial charge >= 0.3 is 0 Å². The fourth-order valence-corrected chi connectivity index (χ4v) is 1.74. The lowest BCUT2D eigenvalue weighted by molar-refractivity contribution is -0.145. The van der Waals surface area contributed by atoms with Crippen LogP contribution in [0.3, 0.4) is 0 Å². The lowest BCUT2D eigenvalue weighted by Crippen LogP contribution is -2.57. The summed E-state index contributed by atoms with van der Waals surface area (Å²) in [6.45, 7) is 5.25. The van der Waals surface area contributed by atoms with Crippen LogP contribution in [0.4, 0.5) is 0 Å². The van der Waals surface area contributed by atoms with Crippen molar-refractivity contribution >= 4 is 11.8 Å². The fraction of sp³-hybridized carbons (Fsp3) is 0.800. The molecule has 5 heteroatoms. The molecule has 0 aromatic carbocycles. The lowest BCUT2D eigenvalue weighted by Gasteiger charge is -2.34. The Labute approximate surface area is 90.0 Å². The first-order valence-electron chi connectivity index (χ1n) is 5.36. The summed E-state index contributed by atoms with van der Waals surface area (Å²) in [5, 5.41) is 2.73. The van der Waals surface area contributed by atoms with Gasteiger partial charge in [-0.05, 0) is 19.9 Å². The van der Waals surface area contributed by atoms with Crippen molar-refractivity contribution in [2.24, 2.45) is 11.7 Å². The molecule has 15 heavy (non-hydrogen) atoms. The van der Waals surface area contributed by atoms with Gasteiger partial charge in [0.15, 0.2) is 0 Å². The van der Waals surface area contributed by atoms with Crippen molar-refractivity contribution in [3.8, 4) is 0 Å². The van der Waals surface area contributed by atoms with E-state index in [1.807, 2.05) is 6.92 Å². The molecule has 2 amide bonds. The predicted octanol–water partition coefficient (Wildman–Crippen LogP) is -0.682. The Hall–Kier alpha value is -1.10. The zero-order chi connectivity index (χ0) is 11.4. The maximum Gasteiger partial charge on any atom is 0.242 e. The Morgan fingerprint density at radius 3 is 3.00 bits per heavy atom. The summed E-state index contributed by atoms with van der Waals surface area (Å²) < 4.78 is 0. The molecule has 0 aromatic heterocycles. The summed E-state index contributed by atoms with van der Waals surface area (Å²) in [4.78, 5) is 24.9. The number of piperazine rings is 1. The molecule has 2 unspecified atom stereocenters. The number of rotatable bonds is 3. The van der Waals surface area contributed by atoms with Gasteiger partial charge in [-0.3, -0.25) is 9.59 Å². The van der Waals surface area contributed by atoms with Crippen LogP contribution in [0, 0.1) is 5.92 Å². The largest absolute Gasteiger partial charge is 0.353 e. The molecule has 1 heterocycles. The number of hydrogen-bond donors (Lipinski definition) is 2. The fourth-order valence-electron chi connectivity index (χ4n) is 1.74. The van der Waals surface area contributed by atoms with Gasteiger partial charge in [0.25, 0.3) is 0 Å². The molecule has 1 aliphatic rings. The van der Waals surface area contributed by atoms with Gasteiger partial charge in [-0.25, -0.2) is 0 Å². The highest BCUT2D eigenvalue weighted by molar-refractivity contribution is 5.89. The second kappa shape index (κ2) is 5.11. The highest BCUT2D eigenvalue weighted by Crippen LogP contribution is 2.11. The van der Waals surface area contributed by atoms with E-state index in [-0.39, 0.29) is 23.8 Å². The van der Waals surface area contributed by atoms with Gasteiger partial charge in [0.2, 0.25) is 11.8 Å². The van der Waals surface area contributed by atoms with Crippen LogP contribution in [0.2, 0.25) is 0 Å². The minimum Gasteiger partial charge on any atom is -0.353 e. The molecule has 2 atom stereocenters. The summed E-state index contributed by atoms with van der Waals surface area (Å²) in [6, 6.07) is -0.355. The summed E-state index contributed by atoms with van der Waals surface area (Å²) >= 11 is 0. The van der Waals surface area contributed by atoms with Gasteiger partial charge in [0.05, 0.1) is 0 Å². The van der Waals surface area contributed by atoms with Crippen molar-refractivity contribution in [2.45, 2.75) is 26.3 Å². The Bertz CT molecular complexity index is 255. The van der Waals surface area contributed by atoms with E-state index in [9.17, 15) is 9.59 Å². The van der Waals surface area contributed by atoms with E-state index in [1.165, 1.54) is 0 Å². The van der Waals surface area contributed by atoms with Crippen molar-refractivity contribution in [3.63, 3.8) is 0 Å². The van der Waals surface area contributed by atoms with Crippen molar-refractivity contribution in [1.82, 2.24) is 10.2 Å². The first-order valence-corrected chi connectivity index (χ1v) is 5.36. The van der Waals surface area contributed by atoms with Crippen molar-refractivity contribution in [2.75, 3.05) is 19.6 Å². The van der Waals surface area contributed by atoms with Crippen LogP contribution < -0.4 is 11.1 Å². The second-order valence-electron chi connectivity index (χ2n) is 3.98. The third-order valence-corrected chi connectivity index (χ3v) is 2.80. The maximum atomic E-state index is 11.9. The summed E-state index contributed by atoms with van der Waals surface area (Å²) in [7, 11) is 0. The summed E-state index contributed by atoms with van der Waals surface area (Å²) in [5.74, 6) is -0.138. The zero-order valence-electron chi connectivity index (χ0n) is 9.32. The Kier molecular flexibility index (Phi) is 4.08. The standard InChI is InChI=1S/C10H19N3O2/c1-7(3-4-11)10(15)13-6-5-12-9(14)8(13)2/h7-8H,3-6,11H2,1-2H3,(H,12,14). The maximum absolute atomic E-state index is 11.9. The van der Waals surface area contributed by atoms with E-state index >= 15 is 0 Å². The quantitative estimate of drug-likeness (QED) is 0.652. The van der Waals surface area contributed by atoms with Crippen LogP contribution in [0.5, 0.6) is 0 Å². The highest BCUT2D eigenvalue weighted by atomic mass is 16.2. The molecule has 1 rings (SSSR count). The van der Waals surface area contributed by atoms with Crippen molar-refractivity contribution < 1.29 is 9.59 Å². The SMILES string of the molecule is CC(CCN)C(=O)N1CCNC(=O)C1C. The first-order chi connectivity index (χ1) is 7.07. The Morgan fingerprint density at radius 1 is 1.73 bits per heavy atom. The van der Waals surface area contributed by atoms with E-state index in [0.717, 1.165) is 0 Å². The van der Waals surface area contributed by atoms with Gasteiger partial charge in [-0.2, -0.15) is 0 Å². The average Bonchev–Trinajstić information content (AvgIpc) is 2.21. The molecular formula is C10H19N3O2. The molecule has 1 saturated heterocycles. The lowest BCUT2D eigenvalue weighted by atomic mass is 10.0. The number of hydrogen-bond acceptors (Lipinski definition) is 3. The zero-order valence-corrected chi connectivity index (χ0v) is 9.32. The second-order valence-corrected chi connectivity index (χ2v) is 3.98. The Morgan fingerprint density at radius 2 is 2.40 bits per heavy atom. The Balaban J connectivity index is 2.61. The number of nitrogens with two attached hydrogens (primary N) is 1. The van der Waals surface area contributed by atoms with Gasteiger partial charge < -0.3 is 16.0 Å². The average molecular weight is 213 g/mol. The van der Waals surface area contributed by atoms with E-state index in [0.29, 0.717) is 26.1 Å². The number of nitrogens with zero attached hydrogens (tertiary/aromatic N) is 1. The van der Waals surface area contributed by atoms with Crippen LogP contribution in [0.25, 0.3) is 0 Å². The van der Waals surface area contributed by atoms with E-state index in [1.54, 1.807) is 11.8 Å². The van der Waals surface area contributed by atoms with Gasteiger partial charge in [-0.15, -0.1) is 0 Å². The molecule has 0 aromatic rings. The monoisotopic (exact) mass is 213 g/mol. The molecular weight excluding hydrogens is 194 g/mol. The van der Waals surface area contributed by atoms with Crippen molar-refractivity contribution in [3.05, 3.63) is 0 Å². The smallest absolute Gasteiger partial charge is 0.242 e. The molecule has 86 valence electrons. The molecule has 3 N–H and O–H groups in total. The normalized spacial score (nSPS) is 23.5. The van der Waals surface area contributed by atoms with E-state index in [4.69, 9.17) is 5.73 Å². The topological polar surface area (TPSA) is 75.4 Å². The van der Waals surface area contributed by atoms with Gasteiger partial charge in [0.1, 0.15) is 6.04 Å². The summed E-state index contributed by atoms with van der Waals surface area (Å²) in [6.07, 6.45) is 0.670. The van der Waals surface area contributed by atoms with Crippen LogP contribution in [-0.2, 0) is 9.59 Å². The molecule has 1 fully saturated rings. The van der Waals surface area contributed by atoms with Gasteiger partial charge in [-0.1, -0.05) is 6.92 Å². The molecule has 0 saturated carbocycles. The third-order valence-electron chi connectivity index (χ3n) is 2.80. The van der Waals surface area contributed by atoms with Crippen LogP contribution >= 0.6 is 0 Å². The van der Waals surface area contributed by atoms with Gasteiger partial charge in [0, 0.05) is 19.0 Å². The van der Waals surface area contributed by atoms with Crippen LogP contribution in [0.1, 0.15) is 20.3 Å². The van der Waals surface area contributed by atoms with Crippen LogP contribution in [0.15, 0.2) is 0 Å². The minimum absolute atomic E-state index is 0.0304.